The Morgan fingerprint density at radius 3 is 2.18 bits per heavy atom. The fourth-order valence-corrected chi connectivity index (χ4v) is 4.20. The minimum Gasteiger partial charge on any atom is -0.508 e. The zero-order valence-electron chi connectivity index (χ0n) is 23.9. The fraction of sp³-hybridized carbons (Fsp3) is 0.500. The SMILES string of the molecule is CCCC(C)NC(=O)C(c1ccc(C)c(C)c1)N(C)C(=O)C(Cc1ccc(O)cc1)NC(=O)OC(C)(C)C. The molecule has 3 N–H and O–H groups in total. The molecule has 208 valence electrons. The Bertz CT molecular complexity index is 1110. The summed E-state index contributed by atoms with van der Waals surface area (Å²) in [7, 11) is 1.58. The molecule has 0 spiro atoms. The second-order valence-corrected chi connectivity index (χ2v) is 11.0. The summed E-state index contributed by atoms with van der Waals surface area (Å²) < 4.78 is 5.42. The zero-order chi connectivity index (χ0) is 28.6. The lowest BCUT2D eigenvalue weighted by molar-refractivity contribution is -0.141. The third-order valence-electron chi connectivity index (χ3n) is 6.31. The molecule has 8 heteroatoms. The van der Waals surface area contributed by atoms with E-state index in [0.717, 1.165) is 29.5 Å². The van der Waals surface area contributed by atoms with Crippen molar-refractivity contribution < 1.29 is 24.2 Å². The molecule has 0 radical (unpaired) electrons. The number of aromatic hydroxyl groups is 1. The molecule has 3 atom stereocenters. The first kappa shape index (κ1) is 30.7. The van der Waals surface area contributed by atoms with Crippen molar-refractivity contribution in [3.63, 3.8) is 0 Å². The van der Waals surface area contributed by atoms with E-state index in [2.05, 4.69) is 17.6 Å². The third kappa shape index (κ3) is 9.08. The van der Waals surface area contributed by atoms with Crippen LogP contribution in [0.5, 0.6) is 5.75 Å². The molecular formula is C30H43N3O5. The summed E-state index contributed by atoms with van der Waals surface area (Å²) in [6.07, 6.45) is 1.15. The lowest BCUT2D eigenvalue weighted by Crippen LogP contribution is -2.53. The van der Waals surface area contributed by atoms with Gasteiger partial charge in [0.05, 0.1) is 0 Å². The second-order valence-electron chi connectivity index (χ2n) is 11.0. The van der Waals surface area contributed by atoms with Gasteiger partial charge in [0.25, 0.3) is 0 Å². The van der Waals surface area contributed by atoms with Crippen LogP contribution >= 0.6 is 0 Å². The number of benzene rings is 2. The maximum Gasteiger partial charge on any atom is 0.408 e. The number of carbonyl (C=O) groups excluding carboxylic acids is 3. The maximum absolute atomic E-state index is 13.9. The van der Waals surface area contributed by atoms with Crippen LogP contribution in [0, 0.1) is 13.8 Å². The van der Waals surface area contributed by atoms with E-state index in [4.69, 9.17) is 4.74 Å². The van der Waals surface area contributed by atoms with E-state index in [1.807, 2.05) is 39.0 Å². The van der Waals surface area contributed by atoms with Gasteiger partial charge in [-0.3, -0.25) is 9.59 Å². The van der Waals surface area contributed by atoms with E-state index in [0.29, 0.717) is 5.56 Å². The van der Waals surface area contributed by atoms with E-state index in [1.165, 1.54) is 17.0 Å². The number of likely N-dealkylation sites (N-methyl/N-ethyl adjacent to an activating group) is 1. The number of rotatable bonds is 10. The van der Waals surface area contributed by atoms with Crippen molar-refractivity contribution in [3.8, 4) is 5.75 Å². The minimum atomic E-state index is -1.01. The Kier molecular flexibility index (Phi) is 10.7. The first-order valence-corrected chi connectivity index (χ1v) is 13.1. The van der Waals surface area contributed by atoms with E-state index in [-0.39, 0.29) is 24.1 Å². The third-order valence-corrected chi connectivity index (χ3v) is 6.31. The summed E-state index contributed by atoms with van der Waals surface area (Å²) in [5.74, 6) is -0.627. The molecule has 2 aromatic carbocycles. The van der Waals surface area contributed by atoms with Gasteiger partial charge in [-0.2, -0.15) is 0 Å². The number of ether oxygens (including phenoxy) is 1. The van der Waals surface area contributed by atoms with Crippen LogP contribution < -0.4 is 10.6 Å². The highest BCUT2D eigenvalue weighted by Crippen LogP contribution is 2.25. The summed E-state index contributed by atoms with van der Waals surface area (Å²) >= 11 is 0. The van der Waals surface area contributed by atoms with E-state index in [9.17, 15) is 19.5 Å². The van der Waals surface area contributed by atoms with Crippen molar-refractivity contribution >= 4 is 17.9 Å². The highest BCUT2D eigenvalue weighted by molar-refractivity contribution is 5.92. The normalized spacial score (nSPS) is 13.7. The summed E-state index contributed by atoms with van der Waals surface area (Å²) in [5, 5.41) is 15.4. The minimum absolute atomic E-state index is 0.0577. The van der Waals surface area contributed by atoms with Crippen LogP contribution in [-0.2, 0) is 20.7 Å². The Labute approximate surface area is 226 Å². The molecule has 0 saturated heterocycles. The predicted octanol–water partition coefficient (Wildman–Crippen LogP) is 4.95. The van der Waals surface area contributed by atoms with Gasteiger partial charge in [0, 0.05) is 19.5 Å². The Balaban J connectivity index is 2.44. The predicted molar refractivity (Wildman–Crippen MR) is 149 cm³/mol. The molecule has 8 nitrogen and oxygen atoms in total. The van der Waals surface area contributed by atoms with Crippen LogP contribution in [0.3, 0.4) is 0 Å². The van der Waals surface area contributed by atoms with Gasteiger partial charge in [-0.1, -0.05) is 43.7 Å². The molecule has 0 aliphatic carbocycles. The lowest BCUT2D eigenvalue weighted by Gasteiger charge is -2.32. The Morgan fingerprint density at radius 1 is 1.00 bits per heavy atom. The molecule has 3 unspecified atom stereocenters. The van der Waals surface area contributed by atoms with Crippen molar-refractivity contribution in [2.75, 3.05) is 7.05 Å². The number of amides is 3. The van der Waals surface area contributed by atoms with Crippen molar-refractivity contribution in [1.29, 1.82) is 0 Å². The molecule has 0 aliphatic rings. The average molecular weight is 526 g/mol. The fourth-order valence-electron chi connectivity index (χ4n) is 4.20. The number of phenols is 1. The molecule has 2 aromatic rings. The first-order chi connectivity index (χ1) is 17.7. The summed E-state index contributed by atoms with van der Waals surface area (Å²) in [6.45, 7) is 13.2. The molecule has 0 heterocycles. The molecule has 0 saturated carbocycles. The van der Waals surface area contributed by atoms with Gasteiger partial charge in [0.2, 0.25) is 11.8 Å². The first-order valence-electron chi connectivity index (χ1n) is 13.1. The quantitative estimate of drug-likeness (QED) is 0.407. The van der Waals surface area contributed by atoms with Crippen LogP contribution in [0.1, 0.15) is 75.8 Å². The van der Waals surface area contributed by atoms with Gasteiger partial charge in [-0.15, -0.1) is 0 Å². The molecule has 0 fully saturated rings. The van der Waals surface area contributed by atoms with Gasteiger partial charge in [0.1, 0.15) is 23.4 Å². The molecule has 2 rings (SSSR count). The number of nitrogens with zero attached hydrogens (tertiary/aromatic N) is 1. The lowest BCUT2D eigenvalue weighted by atomic mass is 9.97. The van der Waals surface area contributed by atoms with Crippen molar-refractivity contribution in [2.45, 2.75) is 91.5 Å². The van der Waals surface area contributed by atoms with Crippen LogP contribution in [0.2, 0.25) is 0 Å². The number of phenolic OH excluding ortho intramolecular Hbond substituents is 1. The molecule has 0 aliphatic heterocycles. The van der Waals surface area contributed by atoms with Crippen molar-refractivity contribution in [1.82, 2.24) is 15.5 Å². The van der Waals surface area contributed by atoms with E-state index in [1.54, 1.807) is 40.0 Å². The number of carbonyl (C=O) groups is 3. The Hall–Kier alpha value is -3.55. The smallest absolute Gasteiger partial charge is 0.408 e. The van der Waals surface area contributed by atoms with E-state index >= 15 is 0 Å². The van der Waals surface area contributed by atoms with Crippen LogP contribution in [0.15, 0.2) is 42.5 Å². The summed E-state index contributed by atoms with van der Waals surface area (Å²) in [6, 6.07) is 10.2. The summed E-state index contributed by atoms with van der Waals surface area (Å²) in [4.78, 5) is 41.6. The second kappa shape index (κ2) is 13.3. The van der Waals surface area contributed by atoms with Crippen LogP contribution in [0.4, 0.5) is 4.79 Å². The number of hydrogen-bond acceptors (Lipinski definition) is 5. The van der Waals surface area contributed by atoms with Gasteiger partial charge >= 0.3 is 6.09 Å². The highest BCUT2D eigenvalue weighted by Gasteiger charge is 2.34. The highest BCUT2D eigenvalue weighted by atomic mass is 16.6. The number of alkyl carbamates (subject to hydrolysis) is 1. The van der Waals surface area contributed by atoms with Gasteiger partial charge in [-0.05, 0) is 82.3 Å². The molecule has 0 bridgehead atoms. The monoisotopic (exact) mass is 525 g/mol. The number of nitrogens with one attached hydrogen (secondary N) is 2. The van der Waals surface area contributed by atoms with Crippen LogP contribution in [0.25, 0.3) is 0 Å². The molecule has 38 heavy (non-hydrogen) atoms. The summed E-state index contributed by atoms with van der Waals surface area (Å²) in [5.41, 5.74) is 2.76. The van der Waals surface area contributed by atoms with E-state index < -0.39 is 29.7 Å². The zero-order valence-corrected chi connectivity index (χ0v) is 23.9. The average Bonchev–Trinajstić information content (AvgIpc) is 2.80. The van der Waals surface area contributed by atoms with Gasteiger partial charge in [0.15, 0.2) is 0 Å². The van der Waals surface area contributed by atoms with Crippen molar-refractivity contribution in [2.24, 2.45) is 0 Å². The van der Waals surface area contributed by atoms with Crippen molar-refractivity contribution in [3.05, 3.63) is 64.7 Å². The molecular weight excluding hydrogens is 482 g/mol. The van der Waals surface area contributed by atoms with Gasteiger partial charge in [-0.25, -0.2) is 4.79 Å². The topological polar surface area (TPSA) is 108 Å². The molecule has 0 aromatic heterocycles. The largest absolute Gasteiger partial charge is 0.508 e. The number of hydrogen-bond donors (Lipinski definition) is 3. The Morgan fingerprint density at radius 2 is 1.63 bits per heavy atom. The van der Waals surface area contributed by atoms with Crippen LogP contribution in [-0.4, -0.2) is 52.6 Å². The standard InChI is InChI=1S/C30H43N3O5/c1-9-10-21(4)31-27(35)26(23-14-11-19(2)20(3)17-23)33(8)28(36)25(32-29(37)38-30(5,6)7)18-22-12-15-24(34)16-13-22/h11-17,21,25-26,34H,9-10,18H2,1-8H3,(H,31,35)(H,32,37). The molecule has 3 amide bonds. The number of aryl methyl sites for hydroxylation is 2. The maximum atomic E-state index is 13.9. The van der Waals surface area contributed by atoms with Gasteiger partial charge < -0.3 is 25.4 Å².